The summed E-state index contributed by atoms with van der Waals surface area (Å²) in [6.45, 7) is 4.04. The molecule has 1 heterocycles. The van der Waals surface area contributed by atoms with Crippen LogP contribution in [0.5, 0.6) is 11.5 Å². The van der Waals surface area contributed by atoms with Gasteiger partial charge in [0.1, 0.15) is 10.8 Å². The highest BCUT2D eigenvalue weighted by atomic mass is 32.1. The first-order chi connectivity index (χ1) is 14.4. The number of methoxy groups -OCH3 is 2. The quantitative estimate of drug-likeness (QED) is 0.547. The molecule has 0 radical (unpaired) electrons. The maximum Gasteiger partial charge on any atom is 0.226 e. The lowest BCUT2D eigenvalue weighted by molar-refractivity contribution is -0.121. The van der Waals surface area contributed by atoms with Gasteiger partial charge in [0.15, 0.2) is 11.5 Å². The fourth-order valence-electron chi connectivity index (χ4n) is 3.18. The predicted molar refractivity (Wildman–Crippen MR) is 116 cm³/mol. The molecule has 0 spiro atoms. The average molecular weight is 429 g/mol. The summed E-state index contributed by atoms with van der Waals surface area (Å²) in [5.74, 6) is 1.03. The molecule has 5 nitrogen and oxygen atoms in total. The van der Waals surface area contributed by atoms with Gasteiger partial charge in [-0.15, -0.1) is 11.3 Å². The van der Waals surface area contributed by atoms with Gasteiger partial charge in [0.25, 0.3) is 0 Å². The number of ether oxygens (including phenoxy) is 2. The summed E-state index contributed by atoms with van der Waals surface area (Å²) in [5, 5.41) is 5.74. The number of rotatable bonds is 8. The molecular weight excluding hydrogens is 403 g/mol. The maximum absolute atomic E-state index is 13.2. The smallest absolute Gasteiger partial charge is 0.226 e. The van der Waals surface area contributed by atoms with Gasteiger partial charge in [0.2, 0.25) is 5.91 Å². The van der Waals surface area contributed by atoms with Crippen molar-refractivity contribution in [1.29, 1.82) is 0 Å². The highest BCUT2D eigenvalue weighted by molar-refractivity contribution is 7.13. The minimum Gasteiger partial charge on any atom is -0.493 e. The number of benzene rings is 2. The molecule has 1 aromatic heterocycles. The van der Waals surface area contributed by atoms with Gasteiger partial charge >= 0.3 is 0 Å². The number of amides is 1. The number of hydrogen-bond acceptors (Lipinski definition) is 5. The van der Waals surface area contributed by atoms with E-state index in [1.807, 2.05) is 37.4 Å². The van der Waals surface area contributed by atoms with Crippen LogP contribution in [0, 0.1) is 11.7 Å². The van der Waals surface area contributed by atoms with E-state index in [1.54, 1.807) is 26.4 Å². The number of carbonyl (C=O) groups excluding carboxylic acids is 1. The summed E-state index contributed by atoms with van der Waals surface area (Å²) in [7, 11) is 3.18. The van der Waals surface area contributed by atoms with Crippen LogP contribution >= 0.6 is 11.3 Å². The zero-order valence-electron chi connectivity index (χ0n) is 17.4. The third-order valence-corrected chi connectivity index (χ3v) is 5.68. The Morgan fingerprint density at radius 3 is 2.43 bits per heavy atom. The van der Waals surface area contributed by atoms with Crippen molar-refractivity contribution < 1.29 is 18.7 Å². The lowest BCUT2D eigenvalue weighted by Gasteiger charge is -2.22. The standard InChI is InChI=1S/C23H25FN2O3S/c1-14(2)22(15-5-8-17(24)9-6-15)26-21(27)12-18-13-30-23(25-18)16-7-10-19(28-3)20(11-16)29-4/h5-11,13-14,22H,12H2,1-4H3,(H,26,27). The summed E-state index contributed by atoms with van der Waals surface area (Å²) in [4.78, 5) is 17.2. The normalized spacial score (nSPS) is 11.9. The van der Waals surface area contributed by atoms with Gasteiger partial charge in [-0.25, -0.2) is 9.37 Å². The van der Waals surface area contributed by atoms with E-state index in [9.17, 15) is 9.18 Å². The Hall–Kier alpha value is -2.93. The first-order valence-electron chi connectivity index (χ1n) is 9.63. The Morgan fingerprint density at radius 1 is 1.10 bits per heavy atom. The van der Waals surface area contributed by atoms with Gasteiger partial charge in [-0.2, -0.15) is 0 Å². The molecule has 2 aromatic carbocycles. The predicted octanol–water partition coefficient (Wildman–Crippen LogP) is 5.02. The largest absolute Gasteiger partial charge is 0.493 e. The van der Waals surface area contributed by atoms with E-state index in [-0.39, 0.29) is 30.1 Å². The molecule has 0 aliphatic rings. The van der Waals surface area contributed by atoms with Crippen LogP contribution in [0.2, 0.25) is 0 Å². The van der Waals surface area contributed by atoms with Crippen LogP contribution in [-0.2, 0) is 11.2 Å². The van der Waals surface area contributed by atoms with E-state index < -0.39 is 0 Å². The molecule has 0 saturated carbocycles. The number of hydrogen-bond donors (Lipinski definition) is 1. The number of nitrogens with one attached hydrogen (secondary N) is 1. The van der Waals surface area contributed by atoms with Crippen molar-refractivity contribution in [3.05, 3.63) is 64.9 Å². The number of halogens is 1. The van der Waals surface area contributed by atoms with E-state index in [4.69, 9.17) is 9.47 Å². The molecule has 0 bridgehead atoms. The molecule has 1 unspecified atom stereocenters. The van der Waals surface area contributed by atoms with Crippen LogP contribution in [0.4, 0.5) is 4.39 Å². The molecule has 3 aromatic rings. The van der Waals surface area contributed by atoms with Crippen molar-refractivity contribution in [3.8, 4) is 22.1 Å². The highest BCUT2D eigenvalue weighted by Gasteiger charge is 2.19. The summed E-state index contributed by atoms with van der Waals surface area (Å²) in [6, 6.07) is 11.6. The lowest BCUT2D eigenvalue weighted by atomic mass is 9.96. The summed E-state index contributed by atoms with van der Waals surface area (Å²) in [5.41, 5.74) is 2.48. The Bertz CT molecular complexity index is 1000. The maximum atomic E-state index is 13.2. The molecule has 0 aliphatic heterocycles. The number of nitrogens with zero attached hydrogens (tertiary/aromatic N) is 1. The fraction of sp³-hybridized carbons (Fsp3) is 0.304. The molecule has 1 amide bonds. The molecule has 1 N–H and O–H groups in total. The first kappa shape index (κ1) is 21.8. The Kier molecular flexibility index (Phi) is 7.05. The van der Waals surface area contributed by atoms with Crippen LogP contribution < -0.4 is 14.8 Å². The molecule has 158 valence electrons. The Balaban J connectivity index is 1.70. The zero-order valence-corrected chi connectivity index (χ0v) is 18.3. The molecule has 3 rings (SSSR count). The highest BCUT2D eigenvalue weighted by Crippen LogP contribution is 2.33. The molecule has 0 aliphatic carbocycles. The Labute approximate surface area is 179 Å². The monoisotopic (exact) mass is 428 g/mol. The van der Waals surface area contributed by atoms with Crippen molar-refractivity contribution in [3.63, 3.8) is 0 Å². The summed E-state index contributed by atoms with van der Waals surface area (Å²) in [6.07, 6.45) is 0.175. The second-order valence-corrected chi connectivity index (χ2v) is 8.09. The molecule has 1 atom stereocenters. The van der Waals surface area contributed by atoms with Crippen LogP contribution in [0.25, 0.3) is 10.6 Å². The van der Waals surface area contributed by atoms with Crippen molar-refractivity contribution in [2.24, 2.45) is 5.92 Å². The van der Waals surface area contributed by atoms with Crippen molar-refractivity contribution in [1.82, 2.24) is 10.3 Å². The van der Waals surface area contributed by atoms with Gasteiger partial charge in [-0.3, -0.25) is 4.79 Å². The van der Waals surface area contributed by atoms with Crippen LogP contribution in [-0.4, -0.2) is 25.1 Å². The minimum absolute atomic E-state index is 0.123. The first-order valence-corrected chi connectivity index (χ1v) is 10.5. The van der Waals surface area contributed by atoms with Gasteiger partial charge in [0.05, 0.1) is 32.4 Å². The molecule has 0 fully saturated rings. The average Bonchev–Trinajstić information content (AvgIpc) is 3.20. The molecule has 30 heavy (non-hydrogen) atoms. The van der Waals surface area contributed by atoms with Crippen LogP contribution in [0.3, 0.4) is 0 Å². The summed E-state index contributed by atoms with van der Waals surface area (Å²) < 4.78 is 23.8. The lowest BCUT2D eigenvalue weighted by Crippen LogP contribution is -2.32. The summed E-state index contributed by atoms with van der Waals surface area (Å²) >= 11 is 1.47. The van der Waals surface area contributed by atoms with Crippen molar-refractivity contribution in [2.75, 3.05) is 14.2 Å². The van der Waals surface area contributed by atoms with E-state index >= 15 is 0 Å². The van der Waals surface area contributed by atoms with E-state index in [2.05, 4.69) is 10.3 Å². The van der Waals surface area contributed by atoms with E-state index in [0.717, 1.165) is 16.1 Å². The molecule has 0 saturated heterocycles. The van der Waals surface area contributed by atoms with Crippen LogP contribution in [0.15, 0.2) is 47.8 Å². The van der Waals surface area contributed by atoms with Crippen LogP contribution in [0.1, 0.15) is 31.1 Å². The minimum atomic E-state index is -0.294. The van der Waals surface area contributed by atoms with Gasteiger partial charge in [-0.05, 0) is 41.8 Å². The van der Waals surface area contributed by atoms with E-state index in [1.165, 1.54) is 23.5 Å². The van der Waals surface area contributed by atoms with E-state index in [0.29, 0.717) is 17.2 Å². The zero-order chi connectivity index (χ0) is 21.7. The second-order valence-electron chi connectivity index (χ2n) is 7.23. The van der Waals surface area contributed by atoms with Gasteiger partial charge in [0, 0.05) is 10.9 Å². The molecule has 7 heteroatoms. The SMILES string of the molecule is COc1ccc(-c2nc(CC(=O)NC(c3ccc(F)cc3)C(C)C)cs2)cc1OC. The van der Waals surface area contributed by atoms with Gasteiger partial charge in [-0.1, -0.05) is 26.0 Å². The third-order valence-electron chi connectivity index (χ3n) is 4.74. The second kappa shape index (κ2) is 9.71. The van der Waals surface area contributed by atoms with Crippen molar-refractivity contribution >= 4 is 17.2 Å². The number of thiazole rings is 1. The topological polar surface area (TPSA) is 60.5 Å². The molecular formula is C23H25FN2O3S. The number of carbonyl (C=O) groups is 1. The third kappa shape index (κ3) is 5.16. The Morgan fingerprint density at radius 2 is 1.80 bits per heavy atom. The number of aromatic nitrogens is 1. The van der Waals surface area contributed by atoms with Crippen molar-refractivity contribution in [2.45, 2.75) is 26.3 Å². The fourth-order valence-corrected chi connectivity index (χ4v) is 4.00. The van der Waals surface area contributed by atoms with Gasteiger partial charge < -0.3 is 14.8 Å².